The highest BCUT2D eigenvalue weighted by atomic mass is 19.1. The molecular formula is C26H30FNO3. The van der Waals surface area contributed by atoms with E-state index in [2.05, 4.69) is 0 Å². The van der Waals surface area contributed by atoms with Gasteiger partial charge in [-0.3, -0.25) is 9.59 Å². The third-order valence-electron chi connectivity index (χ3n) is 5.67. The molecule has 1 N–H and O–H groups in total. The molecule has 31 heavy (non-hydrogen) atoms. The molecule has 0 saturated heterocycles. The number of aliphatic hydroxyl groups is 1. The predicted octanol–water partition coefficient (Wildman–Crippen LogP) is 5.48. The quantitative estimate of drug-likeness (QED) is 0.436. The van der Waals surface area contributed by atoms with E-state index < -0.39 is 0 Å². The standard InChI is InChI=1S/C19H16FNO3.C7H14/c20-14-6-4-13(5-7-14)12-21-10-8-15-16(18(23)9-11-22)2-1-3-17(15)19(21)24;1-2-4-6-7-5-3-1/h1-8,10,22H,9,11-12H2;1-7H2. The van der Waals surface area contributed by atoms with E-state index in [0.717, 1.165) is 5.56 Å². The summed E-state index contributed by atoms with van der Waals surface area (Å²) in [4.78, 5) is 24.7. The third-order valence-corrected chi connectivity index (χ3v) is 5.67. The number of carbonyl (C=O) groups excluding carboxylic acids is 1. The lowest BCUT2D eigenvalue weighted by atomic mass is 10.0. The number of aromatic nitrogens is 1. The molecule has 1 aliphatic carbocycles. The summed E-state index contributed by atoms with van der Waals surface area (Å²) in [6.07, 6.45) is 12.2. The molecule has 0 aliphatic heterocycles. The summed E-state index contributed by atoms with van der Waals surface area (Å²) in [5, 5.41) is 9.97. The monoisotopic (exact) mass is 423 g/mol. The van der Waals surface area contributed by atoms with Crippen molar-refractivity contribution in [2.24, 2.45) is 0 Å². The van der Waals surface area contributed by atoms with Gasteiger partial charge in [-0.2, -0.15) is 0 Å². The van der Waals surface area contributed by atoms with Gasteiger partial charge in [0.15, 0.2) is 5.78 Å². The second-order valence-corrected chi connectivity index (χ2v) is 8.01. The lowest BCUT2D eigenvalue weighted by molar-refractivity contribution is 0.0958. The van der Waals surface area contributed by atoms with Crippen LogP contribution in [0.2, 0.25) is 0 Å². The maximum absolute atomic E-state index is 13.0. The summed E-state index contributed by atoms with van der Waals surface area (Å²) < 4.78 is 14.5. The molecule has 5 heteroatoms. The second-order valence-electron chi connectivity index (χ2n) is 8.01. The number of benzene rings is 2. The largest absolute Gasteiger partial charge is 0.396 e. The maximum Gasteiger partial charge on any atom is 0.258 e. The van der Waals surface area contributed by atoms with Crippen LogP contribution in [0, 0.1) is 5.82 Å². The number of carbonyl (C=O) groups is 1. The van der Waals surface area contributed by atoms with E-state index in [1.807, 2.05) is 0 Å². The number of nitrogens with zero attached hydrogens (tertiary/aromatic N) is 1. The third kappa shape index (κ3) is 6.34. The summed E-state index contributed by atoms with van der Waals surface area (Å²) >= 11 is 0. The first-order chi connectivity index (χ1) is 15.1. The fraction of sp³-hybridized carbons (Fsp3) is 0.385. The Bertz CT molecular complexity index is 1040. The molecule has 3 aromatic rings. The Morgan fingerprint density at radius 1 is 0.871 bits per heavy atom. The Labute approximate surface area is 182 Å². The summed E-state index contributed by atoms with van der Waals surface area (Å²) in [7, 11) is 0. The molecule has 164 valence electrons. The topological polar surface area (TPSA) is 59.3 Å². The summed E-state index contributed by atoms with van der Waals surface area (Å²) in [6.45, 7) is 0.0979. The van der Waals surface area contributed by atoms with Crippen molar-refractivity contribution < 1.29 is 14.3 Å². The molecule has 0 atom stereocenters. The molecule has 0 amide bonds. The molecular weight excluding hydrogens is 393 g/mol. The van der Waals surface area contributed by atoms with E-state index in [9.17, 15) is 14.0 Å². The minimum Gasteiger partial charge on any atom is -0.396 e. The van der Waals surface area contributed by atoms with E-state index >= 15 is 0 Å². The van der Waals surface area contributed by atoms with E-state index in [1.54, 1.807) is 42.6 Å². The molecule has 0 bridgehead atoms. The summed E-state index contributed by atoms with van der Waals surface area (Å²) in [6, 6.07) is 12.7. The Morgan fingerprint density at radius 3 is 2.06 bits per heavy atom. The number of hydrogen-bond acceptors (Lipinski definition) is 3. The van der Waals surface area contributed by atoms with E-state index in [-0.39, 0.29) is 30.2 Å². The van der Waals surface area contributed by atoms with Crippen molar-refractivity contribution in [2.75, 3.05) is 6.61 Å². The van der Waals surface area contributed by atoms with Gasteiger partial charge in [-0.15, -0.1) is 0 Å². The molecule has 1 fully saturated rings. The molecule has 0 spiro atoms. The summed E-state index contributed by atoms with van der Waals surface area (Å²) in [5.41, 5.74) is 1.04. The zero-order chi connectivity index (χ0) is 22.1. The average molecular weight is 424 g/mol. The minimum absolute atomic E-state index is 0.0256. The van der Waals surface area contributed by atoms with Crippen LogP contribution in [0.5, 0.6) is 0 Å². The molecule has 1 aliphatic rings. The first-order valence-electron chi connectivity index (χ1n) is 11.1. The fourth-order valence-electron chi connectivity index (χ4n) is 3.95. The van der Waals surface area contributed by atoms with Crippen LogP contribution in [0.25, 0.3) is 10.8 Å². The van der Waals surface area contributed by atoms with Crippen LogP contribution in [0.3, 0.4) is 0 Å². The van der Waals surface area contributed by atoms with Crippen molar-refractivity contribution in [1.29, 1.82) is 0 Å². The predicted molar refractivity (Wildman–Crippen MR) is 122 cm³/mol. The van der Waals surface area contributed by atoms with Crippen molar-refractivity contribution in [3.8, 4) is 0 Å². The van der Waals surface area contributed by atoms with E-state index in [0.29, 0.717) is 22.9 Å². The molecule has 1 saturated carbocycles. The average Bonchev–Trinajstić information content (AvgIpc) is 3.11. The number of aliphatic hydroxyl groups excluding tert-OH is 1. The van der Waals surface area contributed by atoms with Crippen molar-refractivity contribution in [2.45, 2.75) is 57.9 Å². The lowest BCUT2D eigenvalue weighted by Gasteiger charge is -2.10. The van der Waals surface area contributed by atoms with Gasteiger partial charge in [-0.1, -0.05) is 69.2 Å². The maximum atomic E-state index is 13.0. The molecule has 1 heterocycles. The number of Topliss-reactive ketones (excluding diaryl/α,β-unsaturated/α-hetero) is 1. The van der Waals surface area contributed by atoms with E-state index in [4.69, 9.17) is 5.11 Å². The number of halogens is 1. The molecule has 0 radical (unpaired) electrons. The normalized spacial score (nSPS) is 13.9. The van der Waals surface area contributed by atoms with Crippen LogP contribution < -0.4 is 5.56 Å². The Balaban J connectivity index is 0.000000330. The van der Waals surface area contributed by atoms with Crippen LogP contribution in [0.15, 0.2) is 59.5 Å². The van der Waals surface area contributed by atoms with Gasteiger partial charge in [0.25, 0.3) is 5.56 Å². The highest BCUT2D eigenvalue weighted by Gasteiger charge is 2.12. The van der Waals surface area contributed by atoms with Gasteiger partial charge in [-0.05, 0) is 35.2 Å². The molecule has 0 unspecified atom stereocenters. The Kier molecular flexibility index (Phi) is 8.53. The summed E-state index contributed by atoms with van der Waals surface area (Å²) in [5.74, 6) is -0.518. The first-order valence-corrected chi connectivity index (χ1v) is 11.1. The number of hydrogen-bond donors (Lipinski definition) is 1. The van der Waals surface area contributed by atoms with Gasteiger partial charge in [0.1, 0.15) is 5.82 Å². The number of fused-ring (bicyclic) bond motifs is 1. The van der Waals surface area contributed by atoms with Gasteiger partial charge in [0.05, 0.1) is 13.2 Å². The highest BCUT2D eigenvalue weighted by molar-refractivity contribution is 6.07. The van der Waals surface area contributed by atoms with Gasteiger partial charge < -0.3 is 9.67 Å². The van der Waals surface area contributed by atoms with E-state index in [1.165, 1.54) is 61.6 Å². The zero-order valence-corrected chi connectivity index (χ0v) is 17.9. The lowest BCUT2D eigenvalue weighted by Crippen LogP contribution is -2.20. The Morgan fingerprint density at radius 2 is 1.48 bits per heavy atom. The SMILES string of the molecule is C1CCCCCC1.O=C(CCO)c1cccc2c(=O)n(Cc3ccc(F)cc3)ccc12. The van der Waals surface area contributed by atoms with Gasteiger partial charge in [-0.25, -0.2) is 4.39 Å². The van der Waals surface area contributed by atoms with Crippen LogP contribution >= 0.6 is 0 Å². The molecule has 1 aromatic heterocycles. The molecule has 2 aromatic carbocycles. The first kappa shape index (κ1) is 22.9. The van der Waals surface area contributed by atoms with Gasteiger partial charge in [0.2, 0.25) is 0 Å². The number of rotatable bonds is 5. The smallest absolute Gasteiger partial charge is 0.258 e. The van der Waals surface area contributed by atoms with Crippen LogP contribution in [0.1, 0.15) is 67.3 Å². The van der Waals surface area contributed by atoms with Crippen molar-refractivity contribution in [1.82, 2.24) is 4.57 Å². The number of pyridine rings is 1. The Hall–Kier alpha value is -2.79. The van der Waals surface area contributed by atoms with Gasteiger partial charge in [0, 0.05) is 23.6 Å². The van der Waals surface area contributed by atoms with Crippen LogP contribution in [0.4, 0.5) is 4.39 Å². The molecule has 4 rings (SSSR count). The zero-order valence-electron chi connectivity index (χ0n) is 17.9. The van der Waals surface area contributed by atoms with Crippen LogP contribution in [-0.4, -0.2) is 22.1 Å². The second kappa shape index (κ2) is 11.6. The van der Waals surface area contributed by atoms with Crippen LogP contribution in [-0.2, 0) is 6.54 Å². The van der Waals surface area contributed by atoms with Crippen molar-refractivity contribution >= 4 is 16.6 Å². The van der Waals surface area contributed by atoms with Crippen molar-refractivity contribution in [3.63, 3.8) is 0 Å². The number of ketones is 1. The van der Waals surface area contributed by atoms with Crippen molar-refractivity contribution in [3.05, 3.63) is 82.0 Å². The van der Waals surface area contributed by atoms with Gasteiger partial charge >= 0.3 is 0 Å². The fourth-order valence-corrected chi connectivity index (χ4v) is 3.95. The minimum atomic E-state index is -0.323. The molecule has 4 nitrogen and oxygen atoms in total. The highest BCUT2D eigenvalue weighted by Crippen LogP contribution is 2.18.